The van der Waals surface area contributed by atoms with Crippen molar-refractivity contribution in [3.63, 3.8) is 0 Å². The fourth-order valence-corrected chi connectivity index (χ4v) is 2.16. The van der Waals surface area contributed by atoms with Crippen LogP contribution in [0.25, 0.3) is 11.4 Å². The zero-order chi connectivity index (χ0) is 12.7. The first kappa shape index (κ1) is 10.8. The number of hydrogen-bond acceptors (Lipinski definition) is 4. The Morgan fingerprint density at radius 2 is 2.11 bits per heavy atom. The molecule has 0 saturated carbocycles. The lowest BCUT2D eigenvalue weighted by molar-refractivity contribution is 0.0690. The van der Waals surface area contributed by atoms with E-state index in [0.29, 0.717) is 12.1 Å². The van der Waals surface area contributed by atoms with Gasteiger partial charge in [-0.05, 0) is 12.8 Å². The molecule has 3 rings (SSSR count). The van der Waals surface area contributed by atoms with Gasteiger partial charge in [0.1, 0.15) is 0 Å². The number of aryl methyl sites for hydroxylation is 1. The molecule has 0 amide bonds. The summed E-state index contributed by atoms with van der Waals surface area (Å²) in [6, 6.07) is 0. The zero-order valence-electron chi connectivity index (χ0n) is 9.30. The molecule has 1 aliphatic heterocycles. The van der Waals surface area contributed by atoms with Gasteiger partial charge >= 0.3 is 5.97 Å². The molecular formula is C11H9FN4O2. The average Bonchev–Trinajstić information content (AvgIpc) is 2.90. The Labute approximate surface area is 101 Å². The lowest BCUT2D eigenvalue weighted by Crippen LogP contribution is -2.03. The summed E-state index contributed by atoms with van der Waals surface area (Å²) in [7, 11) is 0. The van der Waals surface area contributed by atoms with Crippen LogP contribution in [0.4, 0.5) is 4.39 Å². The Bertz CT molecular complexity index is 621. The van der Waals surface area contributed by atoms with Gasteiger partial charge in [-0.15, -0.1) is 0 Å². The monoisotopic (exact) mass is 248 g/mol. The third-order valence-corrected chi connectivity index (χ3v) is 2.89. The molecule has 3 heterocycles. The van der Waals surface area contributed by atoms with Crippen LogP contribution in [-0.2, 0) is 13.0 Å². The van der Waals surface area contributed by atoms with Crippen molar-refractivity contribution in [2.75, 3.05) is 0 Å². The van der Waals surface area contributed by atoms with Crippen molar-refractivity contribution in [3.8, 4) is 11.4 Å². The minimum atomic E-state index is -1.13. The maximum absolute atomic E-state index is 12.8. The van der Waals surface area contributed by atoms with E-state index in [1.54, 1.807) is 4.68 Å². The quantitative estimate of drug-likeness (QED) is 0.861. The Hall–Kier alpha value is -2.31. The number of aromatic carboxylic acids is 1. The summed E-state index contributed by atoms with van der Waals surface area (Å²) in [5.41, 5.74) is 1.13. The highest BCUT2D eigenvalue weighted by Gasteiger charge is 2.27. The van der Waals surface area contributed by atoms with Crippen LogP contribution in [0, 0.1) is 5.82 Å². The second-order valence-corrected chi connectivity index (χ2v) is 4.03. The van der Waals surface area contributed by atoms with Gasteiger partial charge in [0, 0.05) is 6.54 Å². The van der Waals surface area contributed by atoms with Gasteiger partial charge in [0.15, 0.2) is 17.3 Å². The summed E-state index contributed by atoms with van der Waals surface area (Å²) in [6.45, 7) is 0.691. The normalized spacial score (nSPS) is 13.6. The first-order valence-corrected chi connectivity index (χ1v) is 5.47. The average molecular weight is 248 g/mol. The van der Waals surface area contributed by atoms with Crippen molar-refractivity contribution in [3.05, 3.63) is 29.6 Å². The topological polar surface area (TPSA) is 80.9 Å². The molecule has 18 heavy (non-hydrogen) atoms. The molecule has 1 aliphatic rings. The third-order valence-electron chi connectivity index (χ3n) is 2.89. The fourth-order valence-electron chi connectivity index (χ4n) is 2.16. The van der Waals surface area contributed by atoms with Gasteiger partial charge in [-0.2, -0.15) is 5.10 Å². The van der Waals surface area contributed by atoms with E-state index >= 15 is 0 Å². The van der Waals surface area contributed by atoms with Gasteiger partial charge < -0.3 is 5.11 Å². The van der Waals surface area contributed by atoms with E-state index in [9.17, 15) is 9.18 Å². The molecule has 0 radical (unpaired) electrons. The minimum Gasteiger partial charge on any atom is -0.476 e. The molecule has 0 unspecified atom stereocenters. The van der Waals surface area contributed by atoms with Gasteiger partial charge in [0.2, 0.25) is 0 Å². The smallest absolute Gasteiger partial charge is 0.357 e. The standard InChI is InChI=1S/C11H9FN4O2/c12-6-4-13-10(14-5-6)8-7-2-1-3-16(7)15-9(8)11(17)18/h4-5H,1-3H2,(H,17,18). The summed E-state index contributed by atoms with van der Waals surface area (Å²) < 4.78 is 14.5. The molecule has 0 aromatic carbocycles. The van der Waals surface area contributed by atoms with Crippen LogP contribution in [0.2, 0.25) is 0 Å². The highest BCUT2D eigenvalue weighted by molar-refractivity contribution is 5.93. The third kappa shape index (κ3) is 1.55. The Balaban J connectivity index is 2.20. The summed E-state index contributed by atoms with van der Waals surface area (Å²) in [6.07, 6.45) is 3.69. The molecule has 1 N–H and O–H groups in total. The Morgan fingerprint density at radius 1 is 1.39 bits per heavy atom. The lowest BCUT2D eigenvalue weighted by Gasteiger charge is -2.00. The van der Waals surface area contributed by atoms with E-state index in [-0.39, 0.29) is 11.5 Å². The molecule has 0 bridgehead atoms. The van der Waals surface area contributed by atoms with Crippen molar-refractivity contribution in [2.45, 2.75) is 19.4 Å². The van der Waals surface area contributed by atoms with Gasteiger partial charge in [0.25, 0.3) is 0 Å². The number of rotatable bonds is 2. The van der Waals surface area contributed by atoms with Crippen LogP contribution >= 0.6 is 0 Å². The van der Waals surface area contributed by atoms with Gasteiger partial charge in [-0.3, -0.25) is 4.68 Å². The Kier molecular flexibility index (Phi) is 2.32. The van der Waals surface area contributed by atoms with Crippen LogP contribution < -0.4 is 0 Å². The predicted octanol–water partition coefficient (Wildman–Crippen LogP) is 1.12. The molecular weight excluding hydrogens is 239 g/mol. The van der Waals surface area contributed by atoms with Crippen molar-refractivity contribution < 1.29 is 14.3 Å². The second-order valence-electron chi connectivity index (χ2n) is 4.03. The van der Waals surface area contributed by atoms with E-state index in [1.807, 2.05) is 0 Å². The number of hydrogen-bond donors (Lipinski definition) is 1. The summed E-state index contributed by atoms with van der Waals surface area (Å²) in [5.74, 6) is -1.48. The van der Waals surface area contributed by atoms with Crippen molar-refractivity contribution in [1.82, 2.24) is 19.7 Å². The van der Waals surface area contributed by atoms with Crippen LogP contribution in [-0.4, -0.2) is 30.8 Å². The molecule has 0 fully saturated rings. The molecule has 0 atom stereocenters. The summed E-state index contributed by atoms with van der Waals surface area (Å²) >= 11 is 0. The van der Waals surface area contributed by atoms with E-state index in [2.05, 4.69) is 15.1 Å². The second kappa shape index (κ2) is 3.86. The molecule has 0 spiro atoms. The molecule has 6 nitrogen and oxygen atoms in total. The SMILES string of the molecule is O=C(O)c1nn2c(c1-c1ncc(F)cn1)CCC2. The van der Waals surface area contributed by atoms with Crippen molar-refractivity contribution >= 4 is 5.97 Å². The number of halogens is 1. The molecule has 0 aliphatic carbocycles. The predicted molar refractivity (Wildman–Crippen MR) is 58.5 cm³/mol. The van der Waals surface area contributed by atoms with Crippen LogP contribution in [0.5, 0.6) is 0 Å². The maximum Gasteiger partial charge on any atom is 0.357 e. The van der Waals surface area contributed by atoms with E-state index in [1.165, 1.54) is 0 Å². The van der Waals surface area contributed by atoms with E-state index < -0.39 is 11.8 Å². The molecule has 2 aromatic heterocycles. The highest BCUT2D eigenvalue weighted by atomic mass is 19.1. The number of aromatic nitrogens is 4. The summed E-state index contributed by atoms with van der Waals surface area (Å²) in [5, 5.41) is 13.2. The van der Waals surface area contributed by atoms with Gasteiger partial charge in [0.05, 0.1) is 23.7 Å². The van der Waals surface area contributed by atoms with Crippen LogP contribution in [0.3, 0.4) is 0 Å². The first-order valence-electron chi connectivity index (χ1n) is 5.47. The van der Waals surface area contributed by atoms with Crippen molar-refractivity contribution in [2.24, 2.45) is 0 Å². The maximum atomic E-state index is 12.8. The van der Waals surface area contributed by atoms with Gasteiger partial charge in [-0.25, -0.2) is 19.2 Å². The summed E-state index contributed by atoms with van der Waals surface area (Å²) in [4.78, 5) is 18.8. The van der Waals surface area contributed by atoms with Gasteiger partial charge in [-0.1, -0.05) is 0 Å². The number of carboxylic acids is 1. The van der Waals surface area contributed by atoms with Crippen molar-refractivity contribution in [1.29, 1.82) is 0 Å². The highest BCUT2D eigenvalue weighted by Crippen LogP contribution is 2.29. The number of fused-ring (bicyclic) bond motifs is 1. The first-order chi connectivity index (χ1) is 8.66. The lowest BCUT2D eigenvalue weighted by atomic mass is 10.1. The number of nitrogens with zero attached hydrogens (tertiary/aromatic N) is 4. The molecule has 92 valence electrons. The van der Waals surface area contributed by atoms with E-state index in [4.69, 9.17) is 5.11 Å². The molecule has 0 saturated heterocycles. The molecule has 7 heteroatoms. The fraction of sp³-hybridized carbons (Fsp3) is 0.273. The number of carbonyl (C=O) groups is 1. The molecule has 2 aromatic rings. The minimum absolute atomic E-state index is 0.0729. The zero-order valence-corrected chi connectivity index (χ0v) is 9.30. The van der Waals surface area contributed by atoms with Crippen LogP contribution in [0.1, 0.15) is 22.6 Å². The van der Waals surface area contributed by atoms with E-state index in [0.717, 1.165) is 30.9 Å². The Morgan fingerprint density at radius 3 is 2.78 bits per heavy atom. The van der Waals surface area contributed by atoms with Crippen LogP contribution in [0.15, 0.2) is 12.4 Å². The largest absolute Gasteiger partial charge is 0.476 e. The number of carboxylic acid groups (broad SMARTS) is 1.